The van der Waals surface area contributed by atoms with Gasteiger partial charge in [0.2, 0.25) is 11.8 Å². The van der Waals surface area contributed by atoms with E-state index in [-0.39, 0.29) is 29.8 Å². The number of carbonyl (C=O) groups excluding carboxylic acids is 2. The standard InChI is InChI=1S/C33H35N5O3S/c1-21-11-7-10-16-27(21)37-31(40)28(20-29(39)34-25-18-17-23-12-8-9-13-24(23)19-25)42-33(37)35-30-22(2)36(3)38(32(30)41)26-14-5-4-6-15-26/h4-6,8-9,12-15,17-19,21,27-28H,7,10-11,16,20H2,1-3H3,(H,34,39)/t21-,27-,28-/m1/s1. The molecule has 42 heavy (non-hydrogen) atoms. The van der Waals surface area contributed by atoms with Crippen molar-refractivity contribution in [1.29, 1.82) is 0 Å². The Morgan fingerprint density at radius 2 is 1.69 bits per heavy atom. The fourth-order valence-electron chi connectivity index (χ4n) is 6.10. The summed E-state index contributed by atoms with van der Waals surface area (Å²) in [5.41, 5.74) is 2.22. The molecule has 8 nitrogen and oxygen atoms in total. The van der Waals surface area contributed by atoms with Gasteiger partial charge in [0.05, 0.1) is 11.4 Å². The quantitative estimate of drug-likeness (QED) is 0.295. The van der Waals surface area contributed by atoms with Gasteiger partial charge < -0.3 is 5.32 Å². The van der Waals surface area contributed by atoms with Crippen LogP contribution in [0.4, 0.5) is 11.4 Å². The molecule has 6 rings (SSSR count). The van der Waals surface area contributed by atoms with Gasteiger partial charge in [0.15, 0.2) is 10.9 Å². The van der Waals surface area contributed by atoms with E-state index < -0.39 is 5.25 Å². The highest BCUT2D eigenvalue weighted by molar-refractivity contribution is 8.15. The largest absolute Gasteiger partial charge is 0.326 e. The molecule has 216 valence electrons. The predicted molar refractivity (Wildman–Crippen MR) is 170 cm³/mol. The van der Waals surface area contributed by atoms with Crippen LogP contribution in [0.15, 0.2) is 82.6 Å². The van der Waals surface area contributed by atoms with Crippen LogP contribution in [0.5, 0.6) is 0 Å². The highest BCUT2D eigenvalue weighted by Crippen LogP contribution is 2.39. The zero-order valence-corrected chi connectivity index (χ0v) is 24.9. The minimum absolute atomic E-state index is 0.00795. The summed E-state index contributed by atoms with van der Waals surface area (Å²) in [6, 6.07) is 23.2. The van der Waals surface area contributed by atoms with Crippen LogP contribution in [0.25, 0.3) is 16.5 Å². The van der Waals surface area contributed by atoms with E-state index in [4.69, 9.17) is 4.99 Å². The third kappa shape index (κ3) is 5.29. The maximum atomic E-state index is 13.9. The van der Waals surface area contributed by atoms with Gasteiger partial charge in [-0.05, 0) is 60.7 Å². The van der Waals surface area contributed by atoms with Crippen molar-refractivity contribution in [2.24, 2.45) is 18.0 Å². The number of aromatic nitrogens is 2. The lowest BCUT2D eigenvalue weighted by atomic mass is 9.85. The van der Waals surface area contributed by atoms with E-state index in [0.717, 1.165) is 42.1 Å². The predicted octanol–water partition coefficient (Wildman–Crippen LogP) is 6.18. The summed E-state index contributed by atoms with van der Waals surface area (Å²) in [5, 5.41) is 5.00. The fourth-order valence-corrected chi connectivity index (χ4v) is 7.29. The lowest BCUT2D eigenvalue weighted by Gasteiger charge is -2.35. The molecule has 0 spiro atoms. The number of amides is 2. The summed E-state index contributed by atoms with van der Waals surface area (Å²) in [6.07, 6.45) is 4.11. The van der Waals surface area contributed by atoms with Gasteiger partial charge in [-0.1, -0.05) is 80.1 Å². The first kappa shape index (κ1) is 28.0. The Labute approximate surface area is 249 Å². The van der Waals surface area contributed by atoms with Crippen molar-refractivity contribution in [3.8, 4) is 5.69 Å². The molecule has 1 N–H and O–H groups in total. The van der Waals surface area contributed by atoms with Crippen molar-refractivity contribution >= 4 is 50.9 Å². The number of thioether (sulfide) groups is 1. The smallest absolute Gasteiger partial charge is 0.297 e. The number of aliphatic imine (C=N–C) groups is 1. The van der Waals surface area contributed by atoms with E-state index in [1.807, 2.05) is 86.8 Å². The highest BCUT2D eigenvalue weighted by atomic mass is 32.2. The molecule has 4 aromatic rings. The second-order valence-corrected chi connectivity index (χ2v) is 12.4. The van der Waals surface area contributed by atoms with E-state index in [0.29, 0.717) is 28.2 Å². The number of nitrogens with zero attached hydrogens (tertiary/aromatic N) is 4. The number of fused-ring (bicyclic) bond motifs is 1. The van der Waals surface area contributed by atoms with Gasteiger partial charge in [0, 0.05) is 25.2 Å². The molecule has 2 fully saturated rings. The Morgan fingerprint density at radius 3 is 2.45 bits per heavy atom. The van der Waals surface area contributed by atoms with E-state index in [2.05, 4.69) is 12.2 Å². The Balaban J connectivity index is 1.30. The fraction of sp³-hybridized carbons (Fsp3) is 0.333. The van der Waals surface area contributed by atoms with Crippen molar-refractivity contribution in [3.63, 3.8) is 0 Å². The lowest BCUT2D eigenvalue weighted by Crippen LogP contribution is -2.46. The SMILES string of the molecule is Cc1c(N=C2S[C@H](CC(=O)Nc3ccc4ccccc4c3)C(=O)N2[C@@H]2CCCC[C@H]2C)c(=O)n(-c2ccccc2)n1C. The molecular weight excluding hydrogens is 546 g/mol. The van der Waals surface area contributed by atoms with Crippen LogP contribution < -0.4 is 10.9 Å². The molecular formula is C33H35N5O3S. The zero-order valence-electron chi connectivity index (χ0n) is 24.1. The van der Waals surface area contributed by atoms with Gasteiger partial charge in [-0.3, -0.25) is 24.0 Å². The van der Waals surface area contributed by atoms with Gasteiger partial charge in [-0.25, -0.2) is 9.67 Å². The van der Waals surface area contributed by atoms with Gasteiger partial charge in [-0.15, -0.1) is 0 Å². The van der Waals surface area contributed by atoms with E-state index in [9.17, 15) is 14.4 Å². The van der Waals surface area contributed by atoms with E-state index in [1.165, 1.54) is 11.8 Å². The summed E-state index contributed by atoms with van der Waals surface area (Å²) < 4.78 is 3.39. The molecule has 9 heteroatoms. The average Bonchev–Trinajstić information content (AvgIpc) is 3.40. The van der Waals surface area contributed by atoms with Crippen molar-refractivity contribution in [2.75, 3.05) is 5.32 Å². The molecule has 1 aliphatic carbocycles. The molecule has 0 radical (unpaired) electrons. The van der Waals surface area contributed by atoms with Gasteiger partial charge in [0.1, 0.15) is 5.25 Å². The van der Waals surface area contributed by atoms with Crippen LogP contribution in [-0.2, 0) is 16.6 Å². The Hall–Kier alpha value is -4.11. The first-order valence-electron chi connectivity index (χ1n) is 14.5. The van der Waals surface area contributed by atoms with Gasteiger partial charge in [0.25, 0.3) is 5.56 Å². The molecule has 0 unspecified atom stereocenters. The number of amidine groups is 1. The van der Waals surface area contributed by atoms with Crippen LogP contribution in [0, 0.1) is 12.8 Å². The molecule has 3 atom stereocenters. The van der Waals surface area contributed by atoms with Gasteiger partial charge >= 0.3 is 0 Å². The molecule has 1 saturated heterocycles. The second kappa shape index (κ2) is 11.6. The van der Waals surface area contributed by atoms with Crippen LogP contribution in [0.3, 0.4) is 0 Å². The molecule has 2 aliphatic rings. The monoisotopic (exact) mass is 581 g/mol. The summed E-state index contributed by atoms with van der Waals surface area (Å²) in [6.45, 7) is 4.04. The number of nitrogens with one attached hydrogen (secondary N) is 1. The number of anilines is 1. The summed E-state index contributed by atoms with van der Waals surface area (Å²) >= 11 is 1.30. The maximum absolute atomic E-state index is 13.9. The molecule has 2 heterocycles. The number of para-hydroxylation sites is 1. The minimum Gasteiger partial charge on any atom is -0.326 e. The molecule has 1 aliphatic heterocycles. The van der Waals surface area contributed by atoms with Crippen molar-refractivity contribution < 1.29 is 9.59 Å². The van der Waals surface area contributed by atoms with E-state index in [1.54, 1.807) is 14.3 Å². The molecule has 1 aromatic heterocycles. The number of carbonyl (C=O) groups is 2. The average molecular weight is 582 g/mol. The second-order valence-electron chi connectivity index (χ2n) is 11.3. The third-order valence-electron chi connectivity index (χ3n) is 8.50. The number of benzene rings is 3. The number of hydrogen-bond donors (Lipinski definition) is 1. The topological polar surface area (TPSA) is 88.7 Å². The van der Waals surface area contributed by atoms with Crippen molar-refractivity contribution in [3.05, 3.63) is 88.8 Å². The van der Waals surface area contributed by atoms with Crippen LogP contribution >= 0.6 is 11.8 Å². The first-order valence-corrected chi connectivity index (χ1v) is 15.4. The van der Waals surface area contributed by atoms with Crippen LogP contribution in [-0.4, -0.2) is 42.5 Å². The highest BCUT2D eigenvalue weighted by Gasteiger charge is 2.45. The number of rotatable bonds is 6. The Bertz CT molecular complexity index is 1740. The molecule has 2 amide bonds. The van der Waals surface area contributed by atoms with E-state index >= 15 is 0 Å². The summed E-state index contributed by atoms with van der Waals surface area (Å²) in [4.78, 5) is 47.4. The summed E-state index contributed by atoms with van der Waals surface area (Å²) in [5.74, 6) is -0.0315. The van der Waals surface area contributed by atoms with Crippen molar-refractivity contribution in [1.82, 2.24) is 14.3 Å². The zero-order chi connectivity index (χ0) is 29.4. The normalized spacial score (nSPS) is 21.8. The first-order chi connectivity index (χ1) is 20.3. The minimum atomic E-state index is -0.612. The Kier molecular flexibility index (Phi) is 7.77. The molecule has 0 bridgehead atoms. The molecule has 1 saturated carbocycles. The summed E-state index contributed by atoms with van der Waals surface area (Å²) in [7, 11) is 1.83. The Morgan fingerprint density at radius 1 is 0.976 bits per heavy atom. The van der Waals surface area contributed by atoms with Gasteiger partial charge in [-0.2, -0.15) is 0 Å². The maximum Gasteiger partial charge on any atom is 0.297 e. The van der Waals surface area contributed by atoms with Crippen molar-refractivity contribution in [2.45, 2.75) is 57.2 Å². The van der Waals surface area contributed by atoms with Crippen LogP contribution in [0.1, 0.15) is 44.7 Å². The lowest BCUT2D eigenvalue weighted by molar-refractivity contribution is -0.130. The van der Waals surface area contributed by atoms with Crippen LogP contribution in [0.2, 0.25) is 0 Å². The molecule has 3 aromatic carbocycles. The third-order valence-corrected chi connectivity index (χ3v) is 9.65. The number of hydrogen-bond acceptors (Lipinski definition) is 5.